The zero-order valence-corrected chi connectivity index (χ0v) is 24.9. The van der Waals surface area contributed by atoms with Crippen molar-refractivity contribution in [1.82, 2.24) is 19.9 Å². The van der Waals surface area contributed by atoms with Crippen LogP contribution < -0.4 is 4.72 Å². The number of benzene rings is 1. The van der Waals surface area contributed by atoms with Gasteiger partial charge in [0.15, 0.2) is 5.01 Å². The van der Waals surface area contributed by atoms with Crippen molar-refractivity contribution in [3.63, 3.8) is 0 Å². The number of aryl methyl sites for hydroxylation is 1. The molecule has 1 aromatic carbocycles. The molecule has 3 aromatic rings. The first-order valence-corrected chi connectivity index (χ1v) is 15.6. The van der Waals surface area contributed by atoms with Crippen molar-refractivity contribution in [2.24, 2.45) is 5.92 Å². The number of carbonyl (C=O) groups is 1. The van der Waals surface area contributed by atoms with Gasteiger partial charge in [0.05, 0.1) is 21.9 Å². The van der Waals surface area contributed by atoms with E-state index in [1.54, 1.807) is 31.6 Å². The Bertz CT molecular complexity index is 1480. The van der Waals surface area contributed by atoms with E-state index in [4.69, 9.17) is 14.1 Å². The molecule has 0 radical (unpaired) electrons. The molecule has 1 aliphatic carbocycles. The van der Waals surface area contributed by atoms with E-state index in [1.165, 1.54) is 29.9 Å². The Morgan fingerprint density at radius 3 is 2.54 bits per heavy atom. The quantitative estimate of drug-likeness (QED) is 0.260. The normalized spacial score (nSPS) is 16.1. The lowest BCUT2D eigenvalue weighted by molar-refractivity contribution is -0.147. The summed E-state index contributed by atoms with van der Waals surface area (Å²) in [7, 11) is -4.40. The lowest BCUT2D eigenvalue weighted by Crippen LogP contribution is -2.42. The van der Waals surface area contributed by atoms with Gasteiger partial charge in [-0.05, 0) is 63.3 Å². The van der Waals surface area contributed by atoms with Crippen molar-refractivity contribution in [2.45, 2.75) is 95.4 Å². The molecular formula is C27H33F3N4O5S2. The van der Waals surface area contributed by atoms with E-state index in [1.807, 2.05) is 0 Å². The average Bonchev–Trinajstić information content (AvgIpc) is 3.50. The predicted molar refractivity (Wildman–Crippen MR) is 147 cm³/mol. The third-order valence-corrected chi connectivity index (χ3v) is 9.73. The summed E-state index contributed by atoms with van der Waals surface area (Å²) >= 11 is 1.33. The third-order valence-electron chi connectivity index (χ3n) is 7.07. The number of alkyl halides is 3. The van der Waals surface area contributed by atoms with Gasteiger partial charge in [0.25, 0.3) is 12.4 Å². The van der Waals surface area contributed by atoms with Crippen LogP contribution in [0.2, 0.25) is 0 Å². The molecule has 0 amide bonds. The number of ether oxygens (including phenoxy) is 1. The van der Waals surface area contributed by atoms with Crippen molar-refractivity contribution in [3.05, 3.63) is 35.3 Å². The van der Waals surface area contributed by atoms with Gasteiger partial charge in [0.1, 0.15) is 11.6 Å². The Labute approximate surface area is 241 Å². The van der Waals surface area contributed by atoms with Gasteiger partial charge in [0.2, 0.25) is 15.9 Å². The Morgan fingerprint density at radius 1 is 1.20 bits per heavy atom. The van der Waals surface area contributed by atoms with Gasteiger partial charge in [-0.2, -0.15) is 17.9 Å². The fourth-order valence-corrected chi connectivity index (χ4v) is 7.25. The van der Waals surface area contributed by atoms with E-state index in [0.717, 1.165) is 55.2 Å². The Morgan fingerprint density at radius 2 is 1.90 bits per heavy atom. The number of rotatable bonds is 11. The number of aromatic nitrogens is 3. The molecule has 2 aromatic heterocycles. The number of nitrogens with one attached hydrogen (secondary N) is 1. The van der Waals surface area contributed by atoms with E-state index in [9.17, 15) is 26.4 Å². The molecule has 0 spiro atoms. The largest absolute Gasteiger partial charge is 0.461 e. The van der Waals surface area contributed by atoms with Crippen LogP contribution in [0.5, 0.6) is 0 Å². The first-order chi connectivity index (χ1) is 19.2. The van der Waals surface area contributed by atoms with Gasteiger partial charge in [-0.3, -0.25) is 4.79 Å². The maximum absolute atomic E-state index is 13.0. The first-order valence-electron chi connectivity index (χ1n) is 13.3. The molecule has 14 heteroatoms. The molecule has 1 saturated carbocycles. The third kappa shape index (κ3) is 7.72. The van der Waals surface area contributed by atoms with E-state index >= 15 is 0 Å². The van der Waals surface area contributed by atoms with Gasteiger partial charge in [-0.25, -0.2) is 13.4 Å². The molecular weight excluding hydrogens is 581 g/mol. The Balaban J connectivity index is 1.68. The van der Waals surface area contributed by atoms with Crippen molar-refractivity contribution in [2.75, 3.05) is 0 Å². The van der Waals surface area contributed by atoms with Gasteiger partial charge < -0.3 is 9.15 Å². The second kappa shape index (κ2) is 12.2. The molecule has 0 bridgehead atoms. The van der Waals surface area contributed by atoms with Gasteiger partial charge in [0, 0.05) is 0 Å². The molecule has 41 heavy (non-hydrogen) atoms. The van der Waals surface area contributed by atoms with Crippen LogP contribution in [-0.2, 0) is 32.4 Å². The summed E-state index contributed by atoms with van der Waals surface area (Å²) < 4.78 is 76.9. The summed E-state index contributed by atoms with van der Waals surface area (Å²) in [5.74, 6) is 0.944. The molecule has 1 aliphatic rings. The fraction of sp³-hybridized carbons (Fsp3) is 0.556. The van der Waals surface area contributed by atoms with Crippen molar-refractivity contribution < 1.29 is 35.5 Å². The van der Waals surface area contributed by atoms with Crippen LogP contribution in [0.1, 0.15) is 70.0 Å². The van der Waals surface area contributed by atoms with Gasteiger partial charge in [-0.1, -0.05) is 38.2 Å². The number of carbonyl (C=O) groups excluding carboxylic acids is 1. The smallest absolute Gasteiger partial charge is 0.404 e. The summed E-state index contributed by atoms with van der Waals surface area (Å²) in [5.41, 5.74) is 1.29. The number of hydrogen-bond acceptors (Lipinski definition) is 9. The first kappa shape index (κ1) is 31.1. The van der Waals surface area contributed by atoms with Crippen LogP contribution >= 0.6 is 11.3 Å². The summed E-state index contributed by atoms with van der Waals surface area (Å²) in [6.45, 7) is 6.29. The second-order valence-corrected chi connectivity index (χ2v) is 13.7. The van der Waals surface area contributed by atoms with Crippen molar-refractivity contribution in [1.29, 1.82) is 0 Å². The van der Waals surface area contributed by atoms with E-state index in [2.05, 4.69) is 10.2 Å². The second-order valence-electron chi connectivity index (χ2n) is 11.0. The Hall–Kier alpha value is -2.84. The molecule has 2 heterocycles. The van der Waals surface area contributed by atoms with Crippen LogP contribution in [0.3, 0.4) is 0 Å². The van der Waals surface area contributed by atoms with E-state index in [-0.39, 0.29) is 23.1 Å². The molecule has 0 unspecified atom stereocenters. The van der Waals surface area contributed by atoms with E-state index < -0.39 is 27.8 Å². The summed E-state index contributed by atoms with van der Waals surface area (Å²) in [6.07, 6.45) is 1.90. The fourth-order valence-electron chi connectivity index (χ4n) is 4.83. The number of halogens is 3. The van der Waals surface area contributed by atoms with Gasteiger partial charge >= 0.3 is 6.18 Å². The molecule has 1 atom stereocenters. The van der Waals surface area contributed by atoms with Crippen LogP contribution in [0, 0.1) is 12.8 Å². The molecule has 0 aliphatic heterocycles. The molecule has 1 fully saturated rings. The minimum absolute atomic E-state index is 0.210. The molecule has 9 nitrogen and oxygen atoms in total. The highest BCUT2D eigenvalue weighted by atomic mass is 32.2. The minimum Gasteiger partial charge on any atom is -0.461 e. The van der Waals surface area contributed by atoms with Crippen molar-refractivity contribution >= 4 is 27.8 Å². The minimum atomic E-state index is -4.71. The molecule has 224 valence electrons. The maximum atomic E-state index is 13.0. The number of thiazole rings is 1. The molecule has 4 rings (SSSR count). The summed E-state index contributed by atoms with van der Waals surface area (Å²) in [5, 5.41) is 8.73. The lowest BCUT2D eigenvalue weighted by Gasteiger charge is -2.21. The van der Waals surface area contributed by atoms with Crippen LogP contribution in [-0.4, -0.2) is 47.9 Å². The zero-order valence-electron chi connectivity index (χ0n) is 23.2. The zero-order chi connectivity index (χ0) is 30.0. The number of nitrogens with zero attached hydrogens (tertiary/aromatic N) is 3. The van der Waals surface area contributed by atoms with E-state index in [0.29, 0.717) is 23.0 Å². The van der Waals surface area contributed by atoms with Crippen LogP contribution in [0.15, 0.2) is 27.5 Å². The average molecular weight is 615 g/mol. The molecule has 1 N–H and O–H groups in total. The molecule has 0 saturated heterocycles. The highest BCUT2D eigenvalue weighted by Gasteiger charge is 2.39. The lowest BCUT2D eigenvalue weighted by atomic mass is 9.85. The monoisotopic (exact) mass is 614 g/mol. The van der Waals surface area contributed by atoms with Crippen molar-refractivity contribution in [3.8, 4) is 21.3 Å². The topological polar surface area (TPSA) is 124 Å². The highest BCUT2D eigenvalue weighted by molar-refractivity contribution is 7.89. The van der Waals surface area contributed by atoms with Crippen LogP contribution in [0.4, 0.5) is 13.2 Å². The van der Waals surface area contributed by atoms with Crippen LogP contribution in [0.25, 0.3) is 21.3 Å². The summed E-state index contributed by atoms with van der Waals surface area (Å²) in [4.78, 5) is 16.2. The SMILES string of the molecule is Cc1cc(S(=O)(=O)N[C@@H](C)C(F)(F)F)ccc1-c1sc(-c2nnc(CC(C)(C)OC=O)o2)nc1CC1CCCCC1. The van der Waals surface area contributed by atoms with Gasteiger partial charge in [-0.15, -0.1) is 21.5 Å². The summed E-state index contributed by atoms with van der Waals surface area (Å²) in [6, 6.07) is 2.04. The number of hydrogen-bond donors (Lipinski definition) is 1. The predicted octanol–water partition coefficient (Wildman–Crippen LogP) is 6.01. The Kier molecular flexibility index (Phi) is 9.24. The highest BCUT2D eigenvalue weighted by Crippen LogP contribution is 2.40. The maximum Gasteiger partial charge on any atom is 0.404 e. The number of sulfonamides is 1. The standard InChI is InChI=1S/C27H33F3N4O5S2/c1-16-12-19(41(36,37)34-17(2)27(28,29)30)10-11-20(16)23-21(13-18-8-6-5-7-9-18)31-25(40-23)24-33-32-22(39-24)14-26(3,4)38-15-35/h10-12,15,17-18,34H,5-9,13-14H2,1-4H3/t17-/m0/s1.